The van der Waals surface area contributed by atoms with Gasteiger partial charge in [-0.2, -0.15) is 5.26 Å². The molecule has 0 saturated heterocycles. The van der Waals surface area contributed by atoms with E-state index in [0.717, 1.165) is 5.56 Å². The normalized spacial score (nSPS) is 11.3. The fourth-order valence-corrected chi connectivity index (χ4v) is 2.66. The summed E-state index contributed by atoms with van der Waals surface area (Å²) < 4.78 is 5.72. The smallest absolute Gasteiger partial charge is 0.253 e. The molecule has 27 heavy (non-hydrogen) atoms. The molecule has 2 N–H and O–H groups in total. The van der Waals surface area contributed by atoms with E-state index in [-0.39, 0.29) is 18.4 Å². The summed E-state index contributed by atoms with van der Waals surface area (Å²) >= 11 is 0. The maximum absolute atomic E-state index is 12.7. The van der Waals surface area contributed by atoms with Gasteiger partial charge in [-0.15, -0.1) is 0 Å². The summed E-state index contributed by atoms with van der Waals surface area (Å²) in [4.78, 5) is 25.8. The van der Waals surface area contributed by atoms with Gasteiger partial charge >= 0.3 is 0 Å². The molecule has 0 aliphatic heterocycles. The lowest BCUT2D eigenvalue weighted by atomic mass is 10.1. The molecule has 0 saturated carbocycles. The molecule has 0 aromatic heterocycles. The number of ether oxygens (including phenoxy) is 1. The van der Waals surface area contributed by atoms with Crippen molar-refractivity contribution in [2.75, 3.05) is 13.1 Å². The molecule has 0 aliphatic rings. The average molecular weight is 365 g/mol. The van der Waals surface area contributed by atoms with Crippen LogP contribution < -0.4 is 10.5 Å². The van der Waals surface area contributed by atoms with Crippen LogP contribution in [0.1, 0.15) is 40.1 Å². The SMILES string of the molecule is CCN(CC(C)C#N)C(=O)c1cccc(COc2ccccc2C(N)=O)c1. The molecule has 1 unspecified atom stereocenters. The summed E-state index contributed by atoms with van der Waals surface area (Å²) in [7, 11) is 0. The molecular weight excluding hydrogens is 342 g/mol. The van der Waals surface area contributed by atoms with Gasteiger partial charge in [0.05, 0.1) is 17.6 Å². The van der Waals surface area contributed by atoms with Crippen LogP contribution in [0.5, 0.6) is 5.75 Å². The molecule has 0 aliphatic carbocycles. The second kappa shape index (κ2) is 9.39. The van der Waals surface area contributed by atoms with Crippen LogP contribution in [0.4, 0.5) is 0 Å². The van der Waals surface area contributed by atoms with Gasteiger partial charge in [0.25, 0.3) is 11.8 Å². The van der Waals surface area contributed by atoms with Crippen molar-refractivity contribution in [3.05, 3.63) is 65.2 Å². The van der Waals surface area contributed by atoms with E-state index in [1.165, 1.54) is 0 Å². The van der Waals surface area contributed by atoms with Crippen LogP contribution in [0.15, 0.2) is 48.5 Å². The number of nitrogens with two attached hydrogens (primary N) is 1. The minimum Gasteiger partial charge on any atom is -0.488 e. The molecule has 2 aromatic carbocycles. The molecule has 0 heterocycles. The number of para-hydroxylation sites is 1. The van der Waals surface area contributed by atoms with E-state index in [4.69, 9.17) is 15.7 Å². The highest BCUT2D eigenvalue weighted by Crippen LogP contribution is 2.19. The van der Waals surface area contributed by atoms with Crippen molar-refractivity contribution in [3.63, 3.8) is 0 Å². The van der Waals surface area contributed by atoms with Crippen molar-refractivity contribution < 1.29 is 14.3 Å². The molecule has 0 fully saturated rings. The van der Waals surface area contributed by atoms with Crippen molar-refractivity contribution in [1.29, 1.82) is 5.26 Å². The standard InChI is InChI=1S/C21H23N3O3/c1-3-24(13-15(2)12-22)21(26)17-8-6-7-16(11-17)14-27-19-10-5-4-9-18(19)20(23)25/h4-11,15H,3,13-14H2,1-2H3,(H2,23,25). The van der Waals surface area contributed by atoms with Crippen LogP contribution in [-0.2, 0) is 6.61 Å². The maximum atomic E-state index is 12.7. The van der Waals surface area contributed by atoms with Gasteiger partial charge in [0.15, 0.2) is 0 Å². The number of rotatable bonds is 8. The summed E-state index contributed by atoms with van der Waals surface area (Å²) in [6.07, 6.45) is 0. The van der Waals surface area contributed by atoms with Gasteiger partial charge in [-0.1, -0.05) is 24.3 Å². The van der Waals surface area contributed by atoms with Crippen molar-refractivity contribution in [1.82, 2.24) is 4.90 Å². The Morgan fingerprint density at radius 2 is 1.96 bits per heavy atom. The van der Waals surface area contributed by atoms with Crippen LogP contribution in [0.2, 0.25) is 0 Å². The van der Waals surface area contributed by atoms with Gasteiger partial charge in [-0.3, -0.25) is 9.59 Å². The molecule has 6 nitrogen and oxygen atoms in total. The van der Waals surface area contributed by atoms with E-state index in [1.54, 1.807) is 54.3 Å². The predicted octanol–water partition coefficient (Wildman–Crippen LogP) is 2.99. The van der Waals surface area contributed by atoms with E-state index in [2.05, 4.69) is 6.07 Å². The second-order valence-electron chi connectivity index (χ2n) is 6.22. The summed E-state index contributed by atoms with van der Waals surface area (Å²) in [5, 5.41) is 8.98. The van der Waals surface area contributed by atoms with Crippen molar-refractivity contribution >= 4 is 11.8 Å². The highest BCUT2D eigenvalue weighted by atomic mass is 16.5. The van der Waals surface area contributed by atoms with E-state index < -0.39 is 5.91 Å². The first kappa shape index (κ1) is 20.0. The number of benzene rings is 2. The Balaban J connectivity index is 2.12. The summed E-state index contributed by atoms with van der Waals surface area (Å²) in [5.41, 5.74) is 7.00. The summed E-state index contributed by atoms with van der Waals surface area (Å²) in [6, 6.07) is 16.0. The number of hydrogen-bond donors (Lipinski definition) is 1. The first-order valence-electron chi connectivity index (χ1n) is 8.75. The zero-order chi connectivity index (χ0) is 19.8. The van der Waals surface area contributed by atoms with Gasteiger partial charge in [-0.05, 0) is 43.7 Å². The number of nitriles is 1. The van der Waals surface area contributed by atoms with Crippen LogP contribution in [-0.4, -0.2) is 29.8 Å². The number of amides is 2. The molecule has 2 rings (SSSR count). The third-order valence-electron chi connectivity index (χ3n) is 4.10. The van der Waals surface area contributed by atoms with E-state index in [9.17, 15) is 9.59 Å². The Bertz CT molecular complexity index is 858. The zero-order valence-electron chi connectivity index (χ0n) is 15.5. The van der Waals surface area contributed by atoms with Crippen LogP contribution >= 0.6 is 0 Å². The number of carbonyl (C=O) groups excluding carboxylic acids is 2. The quantitative estimate of drug-likeness (QED) is 0.778. The lowest BCUT2D eigenvalue weighted by Crippen LogP contribution is -2.34. The summed E-state index contributed by atoms with van der Waals surface area (Å²) in [5.74, 6) is -0.510. The van der Waals surface area contributed by atoms with Crippen LogP contribution in [0.3, 0.4) is 0 Å². The Kier molecular flexibility index (Phi) is 6.95. The van der Waals surface area contributed by atoms with Gasteiger partial charge in [0.2, 0.25) is 0 Å². The van der Waals surface area contributed by atoms with Gasteiger partial charge in [0.1, 0.15) is 12.4 Å². The summed E-state index contributed by atoms with van der Waals surface area (Å²) in [6.45, 7) is 4.79. The second-order valence-corrected chi connectivity index (χ2v) is 6.22. The van der Waals surface area contributed by atoms with Crippen LogP contribution in [0, 0.1) is 17.2 Å². The first-order chi connectivity index (χ1) is 13.0. The number of carbonyl (C=O) groups is 2. The van der Waals surface area contributed by atoms with E-state index >= 15 is 0 Å². The highest BCUT2D eigenvalue weighted by molar-refractivity contribution is 5.95. The molecule has 2 aromatic rings. The topological polar surface area (TPSA) is 96.4 Å². The Hall–Kier alpha value is -3.33. The van der Waals surface area contributed by atoms with E-state index in [1.807, 2.05) is 13.0 Å². The minimum atomic E-state index is -0.556. The third kappa shape index (κ3) is 5.32. The molecule has 1 atom stereocenters. The lowest BCUT2D eigenvalue weighted by molar-refractivity contribution is 0.0752. The largest absolute Gasteiger partial charge is 0.488 e. The minimum absolute atomic E-state index is 0.126. The number of hydrogen-bond acceptors (Lipinski definition) is 4. The number of nitrogens with zero attached hydrogens (tertiary/aromatic N) is 2. The maximum Gasteiger partial charge on any atom is 0.253 e. The zero-order valence-corrected chi connectivity index (χ0v) is 15.5. The Morgan fingerprint density at radius 1 is 1.22 bits per heavy atom. The fraction of sp³-hybridized carbons (Fsp3) is 0.286. The molecular formula is C21H23N3O3. The molecule has 0 radical (unpaired) electrons. The van der Waals surface area contributed by atoms with E-state index in [0.29, 0.717) is 30.0 Å². The van der Waals surface area contributed by atoms with Gasteiger partial charge < -0.3 is 15.4 Å². The average Bonchev–Trinajstić information content (AvgIpc) is 2.70. The Labute approximate surface area is 159 Å². The fourth-order valence-electron chi connectivity index (χ4n) is 2.66. The van der Waals surface area contributed by atoms with Crippen molar-refractivity contribution in [2.24, 2.45) is 11.7 Å². The van der Waals surface area contributed by atoms with Crippen molar-refractivity contribution in [2.45, 2.75) is 20.5 Å². The number of primary amides is 1. The Morgan fingerprint density at radius 3 is 2.63 bits per heavy atom. The van der Waals surface area contributed by atoms with Crippen molar-refractivity contribution in [3.8, 4) is 11.8 Å². The highest BCUT2D eigenvalue weighted by Gasteiger charge is 2.17. The first-order valence-corrected chi connectivity index (χ1v) is 8.75. The molecule has 0 spiro atoms. The molecule has 6 heteroatoms. The molecule has 2 amide bonds. The van der Waals surface area contributed by atoms with Crippen LogP contribution in [0.25, 0.3) is 0 Å². The van der Waals surface area contributed by atoms with Gasteiger partial charge in [-0.25, -0.2) is 0 Å². The van der Waals surface area contributed by atoms with Gasteiger partial charge in [0, 0.05) is 18.7 Å². The molecule has 140 valence electrons. The molecule has 0 bridgehead atoms. The lowest BCUT2D eigenvalue weighted by Gasteiger charge is -2.22. The third-order valence-corrected chi connectivity index (χ3v) is 4.10. The monoisotopic (exact) mass is 365 g/mol. The predicted molar refractivity (Wildman–Crippen MR) is 102 cm³/mol.